The third kappa shape index (κ3) is 3.74. The highest BCUT2D eigenvalue weighted by Crippen LogP contribution is 2.29. The molecule has 6 heteroatoms. The highest BCUT2D eigenvalue weighted by atomic mass is 79.9. The fourth-order valence-electron chi connectivity index (χ4n) is 1.96. The summed E-state index contributed by atoms with van der Waals surface area (Å²) in [4.78, 5) is 10.8. The first-order valence-electron chi connectivity index (χ1n) is 6.32. The molecular formula is C15H14BrClN2O2. The van der Waals surface area contributed by atoms with Crippen LogP contribution in [0.15, 0.2) is 34.8 Å². The fraction of sp³-hybridized carbons (Fsp3) is 0.200. The average Bonchev–Trinajstić information content (AvgIpc) is 2.42. The molecule has 2 aromatic carbocycles. The maximum atomic E-state index is 11.2. The standard InChI is InChI=1S/C15H14BrClN2O2/c1-9-5-14(15(19(20)21)6-10(9)2)18-8-11-7-12(17)3-4-13(11)16/h3-7,18H,8H2,1-2H3. The number of hydrogen-bond acceptors (Lipinski definition) is 3. The number of nitro benzene ring substituents is 1. The molecule has 0 amide bonds. The van der Waals surface area contributed by atoms with Crippen LogP contribution >= 0.6 is 27.5 Å². The Labute approximate surface area is 136 Å². The lowest BCUT2D eigenvalue weighted by atomic mass is 10.1. The SMILES string of the molecule is Cc1cc(NCc2cc(Cl)ccc2Br)c([N+](=O)[O-])cc1C. The molecule has 0 aromatic heterocycles. The van der Waals surface area contributed by atoms with Crippen molar-refractivity contribution in [1.82, 2.24) is 0 Å². The Hall–Kier alpha value is -1.59. The van der Waals surface area contributed by atoms with Crippen LogP contribution in [0.3, 0.4) is 0 Å². The van der Waals surface area contributed by atoms with Crippen LogP contribution in [0.5, 0.6) is 0 Å². The molecule has 0 unspecified atom stereocenters. The van der Waals surface area contributed by atoms with E-state index in [1.165, 1.54) is 0 Å². The normalized spacial score (nSPS) is 10.5. The molecule has 4 nitrogen and oxygen atoms in total. The van der Waals surface area contributed by atoms with Gasteiger partial charge in [-0.15, -0.1) is 0 Å². The van der Waals surface area contributed by atoms with Gasteiger partial charge < -0.3 is 5.32 Å². The molecule has 0 saturated carbocycles. The van der Waals surface area contributed by atoms with Gasteiger partial charge in [-0.2, -0.15) is 0 Å². The van der Waals surface area contributed by atoms with Crippen LogP contribution in [0.25, 0.3) is 0 Å². The summed E-state index contributed by atoms with van der Waals surface area (Å²) in [6.45, 7) is 4.24. The fourth-order valence-corrected chi connectivity index (χ4v) is 2.54. The number of benzene rings is 2. The van der Waals surface area contributed by atoms with E-state index in [1.807, 2.05) is 26.0 Å². The van der Waals surface area contributed by atoms with Crippen LogP contribution < -0.4 is 5.32 Å². The van der Waals surface area contributed by atoms with Crippen molar-refractivity contribution >= 4 is 38.9 Å². The molecule has 0 spiro atoms. The molecule has 2 aromatic rings. The van der Waals surface area contributed by atoms with Gasteiger partial charge in [0.25, 0.3) is 5.69 Å². The third-order valence-electron chi connectivity index (χ3n) is 3.29. The van der Waals surface area contributed by atoms with E-state index >= 15 is 0 Å². The Morgan fingerprint density at radius 1 is 1.24 bits per heavy atom. The van der Waals surface area contributed by atoms with Crippen molar-refractivity contribution < 1.29 is 4.92 Å². The lowest BCUT2D eigenvalue weighted by molar-refractivity contribution is -0.384. The second-order valence-electron chi connectivity index (χ2n) is 4.80. The van der Waals surface area contributed by atoms with E-state index in [2.05, 4.69) is 21.2 Å². The minimum absolute atomic E-state index is 0.0799. The van der Waals surface area contributed by atoms with E-state index in [9.17, 15) is 10.1 Å². The molecule has 1 N–H and O–H groups in total. The molecule has 110 valence electrons. The van der Waals surface area contributed by atoms with Gasteiger partial charge in [0.1, 0.15) is 5.69 Å². The van der Waals surface area contributed by atoms with Crippen molar-refractivity contribution in [2.45, 2.75) is 20.4 Å². The van der Waals surface area contributed by atoms with Crippen LogP contribution in [0.1, 0.15) is 16.7 Å². The average molecular weight is 370 g/mol. The predicted molar refractivity (Wildman–Crippen MR) is 89.0 cm³/mol. The highest BCUT2D eigenvalue weighted by molar-refractivity contribution is 9.10. The van der Waals surface area contributed by atoms with Crippen LogP contribution in [-0.2, 0) is 6.54 Å². The minimum atomic E-state index is -0.373. The largest absolute Gasteiger partial charge is 0.375 e. The summed E-state index contributed by atoms with van der Waals surface area (Å²) in [6.07, 6.45) is 0. The zero-order chi connectivity index (χ0) is 15.6. The van der Waals surface area contributed by atoms with Crippen LogP contribution in [0, 0.1) is 24.0 Å². The van der Waals surface area contributed by atoms with E-state index in [1.54, 1.807) is 18.2 Å². The molecule has 0 aliphatic carbocycles. The first kappa shape index (κ1) is 15.8. The topological polar surface area (TPSA) is 55.2 Å². The van der Waals surface area contributed by atoms with Gasteiger partial charge in [0.2, 0.25) is 0 Å². The summed E-state index contributed by atoms with van der Waals surface area (Å²) in [5, 5.41) is 14.9. The lowest BCUT2D eigenvalue weighted by Gasteiger charge is -2.11. The number of anilines is 1. The van der Waals surface area contributed by atoms with E-state index in [0.717, 1.165) is 21.2 Å². The minimum Gasteiger partial charge on any atom is -0.375 e. The molecule has 0 aliphatic rings. The molecule has 0 atom stereocenters. The van der Waals surface area contributed by atoms with Crippen molar-refractivity contribution in [1.29, 1.82) is 0 Å². The quantitative estimate of drug-likeness (QED) is 0.592. The summed E-state index contributed by atoms with van der Waals surface area (Å²) in [5.74, 6) is 0. The van der Waals surface area contributed by atoms with E-state index < -0.39 is 0 Å². The van der Waals surface area contributed by atoms with E-state index in [4.69, 9.17) is 11.6 Å². The molecule has 0 heterocycles. The molecule has 21 heavy (non-hydrogen) atoms. The van der Waals surface area contributed by atoms with Gasteiger partial charge in [-0.1, -0.05) is 27.5 Å². The smallest absolute Gasteiger partial charge is 0.292 e. The maximum Gasteiger partial charge on any atom is 0.292 e. The summed E-state index contributed by atoms with van der Waals surface area (Å²) in [7, 11) is 0. The second-order valence-corrected chi connectivity index (χ2v) is 6.09. The zero-order valence-corrected chi connectivity index (χ0v) is 14.0. The molecule has 0 radical (unpaired) electrons. The van der Waals surface area contributed by atoms with Gasteiger partial charge in [0.15, 0.2) is 0 Å². The Morgan fingerprint density at radius 2 is 1.90 bits per heavy atom. The molecule has 2 rings (SSSR count). The first-order chi connectivity index (χ1) is 9.88. The van der Waals surface area contributed by atoms with Crippen LogP contribution in [-0.4, -0.2) is 4.92 Å². The molecular weight excluding hydrogens is 356 g/mol. The number of halogens is 2. The van der Waals surface area contributed by atoms with Crippen LogP contribution in [0.2, 0.25) is 5.02 Å². The van der Waals surface area contributed by atoms with Gasteiger partial charge >= 0.3 is 0 Å². The van der Waals surface area contributed by atoms with Gasteiger partial charge in [-0.25, -0.2) is 0 Å². The van der Waals surface area contributed by atoms with Crippen molar-refractivity contribution in [3.8, 4) is 0 Å². The molecule has 0 saturated heterocycles. The number of nitrogens with one attached hydrogen (secondary N) is 1. The van der Waals surface area contributed by atoms with Gasteiger partial charge in [-0.3, -0.25) is 10.1 Å². The molecule has 0 fully saturated rings. The van der Waals surface area contributed by atoms with Crippen molar-refractivity contribution in [2.24, 2.45) is 0 Å². The Bertz CT molecular complexity index is 704. The first-order valence-corrected chi connectivity index (χ1v) is 7.49. The number of nitro groups is 1. The van der Waals surface area contributed by atoms with Crippen molar-refractivity contribution in [2.75, 3.05) is 5.32 Å². The number of nitrogens with zero attached hydrogens (tertiary/aromatic N) is 1. The van der Waals surface area contributed by atoms with Gasteiger partial charge in [0.05, 0.1) is 4.92 Å². The monoisotopic (exact) mass is 368 g/mol. The Morgan fingerprint density at radius 3 is 2.57 bits per heavy atom. The van der Waals surface area contributed by atoms with Crippen molar-refractivity contribution in [3.63, 3.8) is 0 Å². The Kier molecular flexibility index (Phi) is 4.85. The summed E-state index contributed by atoms with van der Waals surface area (Å²) >= 11 is 9.41. The highest BCUT2D eigenvalue weighted by Gasteiger charge is 2.15. The zero-order valence-electron chi connectivity index (χ0n) is 11.6. The number of rotatable bonds is 4. The van der Waals surface area contributed by atoms with Crippen LogP contribution in [0.4, 0.5) is 11.4 Å². The maximum absolute atomic E-state index is 11.2. The second kappa shape index (κ2) is 6.45. The van der Waals surface area contributed by atoms with Gasteiger partial charge in [0, 0.05) is 22.1 Å². The summed E-state index contributed by atoms with van der Waals surface area (Å²) in [6, 6.07) is 8.85. The lowest BCUT2D eigenvalue weighted by Crippen LogP contribution is -2.04. The number of hydrogen-bond donors (Lipinski definition) is 1. The third-order valence-corrected chi connectivity index (χ3v) is 4.29. The van der Waals surface area contributed by atoms with E-state index in [-0.39, 0.29) is 10.6 Å². The molecule has 0 bridgehead atoms. The Balaban J connectivity index is 2.29. The summed E-state index contributed by atoms with van der Waals surface area (Å²) in [5.41, 5.74) is 3.44. The van der Waals surface area contributed by atoms with Crippen molar-refractivity contribution in [3.05, 3.63) is 66.6 Å². The summed E-state index contributed by atoms with van der Waals surface area (Å²) < 4.78 is 0.908. The number of aryl methyl sites for hydroxylation is 2. The van der Waals surface area contributed by atoms with E-state index in [0.29, 0.717) is 17.3 Å². The predicted octanol–water partition coefficient (Wildman–Crippen LogP) is 5.24. The molecule has 0 aliphatic heterocycles. The van der Waals surface area contributed by atoms with Gasteiger partial charge in [-0.05, 0) is 54.8 Å².